The van der Waals surface area contributed by atoms with E-state index in [2.05, 4.69) is 57.1 Å². The van der Waals surface area contributed by atoms with E-state index in [-0.39, 0.29) is 11.5 Å². The Balaban J connectivity index is 2.46. The molecular formula is C16H22N2. The van der Waals surface area contributed by atoms with Crippen LogP contribution in [-0.4, -0.2) is 19.0 Å². The van der Waals surface area contributed by atoms with E-state index in [0.717, 1.165) is 12.8 Å². The first kappa shape index (κ1) is 13.1. The third-order valence-electron chi connectivity index (χ3n) is 4.23. The van der Waals surface area contributed by atoms with Gasteiger partial charge in [0, 0.05) is 0 Å². The molecule has 1 saturated carbocycles. The topological polar surface area (TPSA) is 27.0 Å². The molecule has 1 aliphatic rings. The summed E-state index contributed by atoms with van der Waals surface area (Å²) in [6.07, 6.45) is 3.24. The molecule has 0 aromatic heterocycles. The highest BCUT2D eigenvalue weighted by molar-refractivity contribution is 5.36. The lowest BCUT2D eigenvalue weighted by atomic mass is 9.62. The van der Waals surface area contributed by atoms with Crippen molar-refractivity contribution in [3.63, 3.8) is 0 Å². The van der Waals surface area contributed by atoms with Gasteiger partial charge in [0.05, 0.1) is 17.5 Å². The third-order valence-corrected chi connectivity index (χ3v) is 4.23. The van der Waals surface area contributed by atoms with Gasteiger partial charge in [0.15, 0.2) is 0 Å². The lowest BCUT2D eigenvalue weighted by Crippen LogP contribution is -2.42. The average Bonchev–Trinajstić information content (AvgIpc) is 2.24. The highest BCUT2D eigenvalue weighted by Gasteiger charge is 2.46. The van der Waals surface area contributed by atoms with Crippen molar-refractivity contribution >= 4 is 0 Å². The Bertz CT molecular complexity index is 478. The summed E-state index contributed by atoms with van der Waals surface area (Å²) in [5.74, 6) is 0. The second kappa shape index (κ2) is 4.74. The van der Waals surface area contributed by atoms with Crippen molar-refractivity contribution in [1.29, 1.82) is 5.26 Å². The molecule has 1 aromatic rings. The van der Waals surface area contributed by atoms with Gasteiger partial charge in [-0.1, -0.05) is 30.2 Å². The van der Waals surface area contributed by atoms with Crippen molar-refractivity contribution in [3.05, 3.63) is 34.9 Å². The number of hydrogen-bond donors (Lipinski definition) is 0. The summed E-state index contributed by atoms with van der Waals surface area (Å²) in [7, 11) is 4.17. The van der Waals surface area contributed by atoms with Crippen molar-refractivity contribution in [3.8, 4) is 6.07 Å². The normalized spacial score (nSPS) is 19.1. The zero-order chi connectivity index (χ0) is 13.3. The summed E-state index contributed by atoms with van der Waals surface area (Å²) >= 11 is 0. The van der Waals surface area contributed by atoms with Crippen molar-refractivity contribution in [2.75, 3.05) is 14.1 Å². The molecule has 96 valence electrons. The molecule has 0 amide bonds. The summed E-state index contributed by atoms with van der Waals surface area (Å²) in [4.78, 5) is 2.21. The summed E-state index contributed by atoms with van der Waals surface area (Å²) in [5, 5.41) is 9.59. The minimum atomic E-state index is -0.177. The standard InChI is InChI=1S/C16H22N2/c1-12-6-7-14(13(2)10-12)15(18(3)4)16(11-17)8-5-9-16/h6-7,10,15H,5,8-9H2,1-4H3. The monoisotopic (exact) mass is 242 g/mol. The van der Waals surface area contributed by atoms with Gasteiger partial charge in [-0.15, -0.1) is 0 Å². The van der Waals surface area contributed by atoms with Gasteiger partial charge in [0.2, 0.25) is 0 Å². The molecule has 0 aliphatic heterocycles. The van der Waals surface area contributed by atoms with Gasteiger partial charge < -0.3 is 4.90 Å². The minimum Gasteiger partial charge on any atom is -0.301 e. The van der Waals surface area contributed by atoms with Crippen LogP contribution in [0, 0.1) is 30.6 Å². The van der Waals surface area contributed by atoms with Crippen molar-refractivity contribution in [2.45, 2.75) is 39.2 Å². The van der Waals surface area contributed by atoms with E-state index in [1.807, 2.05) is 0 Å². The molecule has 0 saturated heterocycles. The predicted octanol–water partition coefficient (Wildman–Crippen LogP) is 3.60. The zero-order valence-corrected chi connectivity index (χ0v) is 11.8. The molecule has 1 unspecified atom stereocenters. The number of nitrogens with zero attached hydrogens (tertiary/aromatic N) is 2. The van der Waals surface area contributed by atoms with Gasteiger partial charge in [0.25, 0.3) is 0 Å². The van der Waals surface area contributed by atoms with Crippen LogP contribution in [0.4, 0.5) is 0 Å². The van der Waals surface area contributed by atoms with Gasteiger partial charge >= 0.3 is 0 Å². The molecule has 1 fully saturated rings. The molecule has 2 heteroatoms. The van der Waals surface area contributed by atoms with Gasteiger partial charge in [-0.05, 0) is 51.9 Å². The van der Waals surface area contributed by atoms with Crippen LogP contribution in [0.1, 0.15) is 42.0 Å². The molecule has 0 N–H and O–H groups in total. The van der Waals surface area contributed by atoms with Crippen LogP contribution in [0.2, 0.25) is 0 Å². The average molecular weight is 242 g/mol. The molecule has 1 aromatic carbocycles. The predicted molar refractivity (Wildman–Crippen MR) is 74.2 cm³/mol. The third kappa shape index (κ3) is 2.04. The van der Waals surface area contributed by atoms with Crippen molar-refractivity contribution in [1.82, 2.24) is 4.90 Å². The van der Waals surface area contributed by atoms with Gasteiger partial charge in [-0.2, -0.15) is 5.26 Å². The summed E-state index contributed by atoms with van der Waals surface area (Å²) in [6, 6.07) is 9.39. The number of rotatable bonds is 3. The first-order valence-electron chi connectivity index (χ1n) is 6.65. The lowest BCUT2D eigenvalue weighted by Gasteiger charge is -2.45. The molecule has 18 heavy (non-hydrogen) atoms. The Kier molecular flexibility index (Phi) is 3.45. The maximum atomic E-state index is 9.59. The Hall–Kier alpha value is -1.33. The van der Waals surface area contributed by atoms with E-state index < -0.39 is 0 Å². The fourth-order valence-electron chi connectivity index (χ4n) is 3.21. The highest BCUT2D eigenvalue weighted by Crippen LogP contribution is 2.52. The molecule has 0 heterocycles. The molecule has 1 aliphatic carbocycles. The highest BCUT2D eigenvalue weighted by atomic mass is 15.1. The zero-order valence-electron chi connectivity index (χ0n) is 11.8. The fraction of sp³-hybridized carbons (Fsp3) is 0.562. The summed E-state index contributed by atoms with van der Waals surface area (Å²) in [5.41, 5.74) is 3.72. The number of nitriles is 1. The maximum Gasteiger partial charge on any atom is 0.0770 e. The summed E-state index contributed by atoms with van der Waals surface area (Å²) in [6.45, 7) is 4.27. The Labute approximate surface area is 110 Å². The minimum absolute atomic E-state index is 0.177. The second-order valence-corrected chi connectivity index (χ2v) is 5.85. The van der Waals surface area contributed by atoms with E-state index >= 15 is 0 Å². The number of aryl methyl sites for hydroxylation is 2. The molecule has 0 bridgehead atoms. The Morgan fingerprint density at radius 1 is 1.28 bits per heavy atom. The first-order chi connectivity index (χ1) is 8.50. The molecule has 1 atom stereocenters. The summed E-state index contributed by atoms with van der Waals surface area (Å²) < 4.78 is 0. The van der Waals surface area contributed by atoms with Crippen LogP contribution in [0.3, 0.4) is 0 Å². The number of hydrogen-bond acceptors (Lipinski definition) is 2. The van der Waals surface area contributed by atoms with Crippen LogP contribution >= 0.6 is 0 Å². The van der Waals surface area contributed by atoms with Crippen LogP contribution in [0.15, 0.2) is 18.2 Å². The van der Waals surface area contributed by atoms with Gasteiger partial charge in [-0.3, -0.25) is 0 Å². The van der Waals surface area contributed by atoms with E-state index in [1.54, 1.807) is 0 Å². The van der Waals surface area contributed by atoms with E-state index in [9.17, 15) is 5.26 Å². The smallest absolute Gasteiger partial charge is 0.0770 e. The Morgan fingerprint density at radius 3 is 2.33 bits per heavy atom. The van der Waals surface area contributed by atoms with Crippen LogP contribution in [0.25, 0.3) is 0 Å². The van der Waals surface area contributed by atoms with E-state index in [4.69, 9.17) is 0 Å². The maximum absolute atomic E-state index is 9.59. The van der Waals surface area contributed by atoms with Crippen LogP contribution < -0.4 is 0 Å². The Morgan fingerprint density at radius 2 is 1.94 bits per heavy atom. The van der Waals surface area contributed by atoms with Gasteiger partial charge in [-0.25, -0.2) is 0 Å². The number of benzene rings is 1. The van der Waals surface area contributed by atoms with E-state index in [1.165, 1.54) is 23.1 Å². The molecule has 0 radical (unpaired) electrons. The first-order valence-corrected chi connectivity index (χ1v) is 6.65. The van der Waals surface area contributed by atoms with Crippen LogP contribution in [0.5, 0.6) is 0 Å². The molecule has 2 nitrogen and oxygen atoms in total. The fourth-order valence-corrected chi connectivity index (χ4v) is 3.21. The SMILES string of the molecule is Cc1ccc(C(N(C)C)C2(C#N)CCC2)c(C)c1. The second-order valence-electron chi connectivity index (χ2n) is 5.85. The van der Waals surface area contributed by atoms with Crippen LogP contribution in [-0.2, 0) is 0 Å². The van der Waals surface area contributed by atoms with Gasteiger partial charge in [0.1, 0.15) is 0 Å². The van der Waals surface area contributed by atoms with Crippen molar-refractivity contribution < 1.29 is 0 Å². The molecule has 0 spiro atoms. The molecular weight excluding hydrogens is 220 g/mol. The largest absolute Gasteiger partial charge is 0.301 e. The quantitative estimate of drug-likeness (QED) is 0.809. The molecule has 2 rings (SSSR count). The van der Waals surface area contributed by atoms with E-state index in [0.29, 0.717) is 0 Å². The van der Waals surface area contributed by atoms with Crippen molar-refractivity contribution in [2.24, 2.45) is 5.41 Å². The lowest BCUT2D eigenvalue weighted by molar-refractivity contribution is 0.0744.